The number of benzene rings is 2. The van der Waals surface area contributed by atoms with E-state index in [0.717, 1.165) is 42.2 Å². The number of carboxylic acid groups (broad SMARTS) is 1. The van der Waals surface area contributed by atoms with Gasteiger partial charge in [-0.1, -0.05) is 0 Å². The van der Waals surface area contributed by atoms with Gasteiger partial charge in [-0.2, -0.15) is 0 Å². The third-order valence-corrected chi connectivity index (χ3v) is 11.0. The number of hydrogen-bond donors (Lipinski definition) is 1. The fraction of sp³-hybridized carbons (Fsp3) is 0.417. The number of carbonyl (C=O) groups excluding carboxylic acids is 1. The molecule has 1 fully saturated rings. The van der Waals surface area contributed by atoms with E-state index in [1.165, 1.54) is 5.56 Å². The van der Waals surface area contributed by atoms with Crippen LogP contribution in [0.3, 0.4) is 0 Å². The van der Waals surface area contributed by atoms with Gasteiger partial charge in [0.05, 0.1) is 0 Å². The van der Waals surface area contributed by atoms with Crippen LogP contribution in [0.1, 0.15) is 30.4 Å². The number of aliphatic carboxylic acids is 1. The predicted molar refractivity (Wildman–Crippen MR) is 117 cm³/mol. The van der Waals surface area contributed by atoms with E-state index in [9.17, 15) is 9.59 Å². The van der Waals surface area contributed by atoms with Crippen molar-refractivity contribution in [3.8, 4) is 5.75 Å². The molecule has 0 bridgehead atoms. The van der Waals surface area contributed by atoms with Gasteiger partial charge in [0, 0.05) is 0 Å². The molecule has 5 nitrogen and oxygen atoms in total. The van der Waals surface area contributed by atoms with Gasteiger partial charge in [0.15, 0.2) is 0 Å². The minimum atomic E-state index is -1.85. The summed E-state index contributed by atoms with van der Waals surface area (Å²) in [6.07, 6.45) is 3.74. The third-order valence-electron chi connectivity index (χ3n) is 5.56. The van der Waals surface area contributed by atoms with E-state index < -0.39 is 20.6 Å². The first-order valence-electron chi connectivity index (χ1n) is 10.3. The summed E-state index contributed by atoms with van der Waals surface area (Å²) < 4.78 is 10.9. The van der Waals surface area contributed by atoms with E-state index in [-0.39, 0.29) is 12.0 Å². The topological polar surface area (TPSA) is 72.8 Å². The van der Waals surface area contributed by atoms with Crippen molar-refractivity contribution in [2.75, 3.05) is 20.3 Å². The average molecular weight is 472 g/mol. The Morgan fingerprint density at radius 1 is 1.03 bits per heavy atom. The quantitative estimate of drug-likeness (QED) is 0.352. The van der Waals surface area contributed by atoms with Gasteiger partial charge in [-0.25, -0.2) is 0 Å². The Labute approximate surface area is 182 Å². The van der Waals surface area contributed by atoms with Gasteiger partial charge in [-0.15, -0.1) is 0 Å². The molecular formula is C24H29AsO5. The van der Waals surface area contributed by atoms with Crippen LogP contribution in [-0.2, 0) is 26.2 Å². The monoisotopic (exact) mass is 472 g/mol. The molecular weight excluding hydrogens is 443 g/mol. The first kappa shape index (κ1) is 22.6. The molecule has 160 valence electrons. The Morgan fingerprint density at radius 3 is 2.33 bits per heavy atom. The molecule has 1 aliphatic rings. The summed E-state index contributed by atoms with van der Waals surface area (Å²) in [6, 6.07) is 18.2. The zero-order valence-corrected chi connectivity index (χ0v) is 19.3. The van der Waals surface area contributed by atoms with Crippen LogP contribution in [0.2, 0.25) is 10.4 Å². The second kappa shape index (κ2) is 10.8. The van der Waals surface area contributed by atoms with Crippen molar-refractivity contribution in [1.29, 1.82) is 0 Å². The molecule has 3 rings (SSSR count). The Hall–Kier alpha value is -2.10. The SMILES string of the molecule is COc1ccc(C2(C(=O)[As](CCCc3ccccc3)CCOCC(=O)O)CC2)cc1. The molecule has 2 aromatic rings. The van der Waals surface area contributed by atoms with Crippen LogP contribution in [0.15, 0.2) is 54.6 Å². The molecule has 0 aromatic heterocycles. The number of rotatable bonds is 13. The van der Waals surface area contributed by atoms with E-state index in [0.29, 0.717) is 16.4 Å². The number of ether oxygens (including phenoxy) is 2. The molecule has 30 heavy (non-hydrogen) atoms. The Kier molecular flexibility index (Phi) is 8.12. The zero-order valence-electron chi connectivity index (χ0n) is 17.4. The van der Waals surface area contributed by atoms with E-state index in [4.69, 9.17) is 14.6 Å². The van der Waals surface area contributed by atoms with Crippen LogP contribution in [0.5, 0.6) is 5.75 Å². The van der Waals surface area contributed by atoms with Crippen LogP contribution in [-0.4, -0.2) is 50.6 Å². The summed E-state index contributed by atoms with van der Waals surface area (Å²) in [5.74, 6) is -0.178. The Balaban J connectivity index is 1.65. The Bertz CT molecular complexity index is 830. The molecule has 0 aliphatic heterocycles. The van der Waals surface area contributed by atoms with Gasteiger partial charge < -0.3 is 0 Å². The first-order chi connectivity index (χ1) is 14.5. The molecule has 1 N–H and O–H groups in total. The molecule has 0 amide bonds. The molecule has 0 radical (unpaired) electrons. The van der Waals surface area contributed by atoms with Gasteiger partial charge in [0.1, 0.15) is 0 Å². The van der Waals surface area contributed by atoms with Crippen molar-refractivity contribution in [2.45, 2.75) is 41.5 Å². The predicted octanol–water partition coefficient (Wildman–Crippen LogP) is 4.06. The normalized spacial score (nSPS) is 15.4. The van der Waals surface area contributed by atoms with Crippen molar-refractivity contribution < 1.29 is 24.2 Å². The molecule has 1 atom stereocenters. The molecule has 0 heterocycles. The van der Waals surface area contributed by atoms with Crippen molar-refractivity contribution in [2.24, 2.45) is 0 Å². The Morgan fingerprint density at radius 2 is 1.73 bits per heavy atom. The standard InChI is InChI=1S/C24H29AsO5/c1-29-21-11-9-20(10-12-21)24(13-14-24)23(28)25(16-17-30-18-22(26)27)15-5-8-19-6-3-2-4-7-19/h2-4,6-7,9-12H,5,8,13-18H2,1H3,(H,26,27). The van der Waals surface area contributed by atoms with Crippen LogP contribution in [0, 0.1) is 0 Å². The molecule has 2 aromatic carbocycles. The number of aryl methyl sites for hydroxylation is 1. The summed E-state index contributed by atoms with van der Waals surface area (Å²) >= 11 is -1.85. The van der Waals surface area contributed by atoms with Gasteiger partial charge in [-0.05, 0) is 0 Å². The maximum atomic E-state index is 13.6. The third kappa shape index (κ3) is 5.96. The molecule has 0 saturated heterocycles. The fourth-order valence-corrected chi connectivity index (χ4v) is 8.93. The molecule has 1 saturated carbocycles. The summed E-state index contributed by atoms with van der Waals surface area (Å²) in [7, 11) is 1.64. The van der Waals surface area contributed by atoms with Crippen molar-refractivity contribution in [3.63, 3.8) is 0 Å². The maximum absolute atomic E-state index is 13.6. The van der Waals surface area contributed by atoms with Crippen LogP contribution >= 0.6 is 0 Å². The fourth-order valence-electron chi connectivity index (χ4n) is 3.73. The number of methoxy groups -OCH3 is 1. The zero-order chi connectivity index (χ0) is 21.4. The summed E-state index contributed by atoms with van der Waals surface area (Å²) in [5, 5.41) is 10.4. The van der Waals surface area contributed by atoms with Gasteiger partial charge in [0.25, 0.3) is 0 Å². The van der Waals surface area contributed by atoms with Crippen molar-refractivity contribution in [3.05, 3.63) is 65.7 Å². The number of carbonyl (C=O) groups is 2. The summed E-state index contributed by atoms with van der Waals surface area (Å²) in [6.45, 7) is 0.0478. The van der Waals surface area contributed by atoms with Crippen molar-refractivity contribution in [1.82, 2.24) is 0 Å². The summed E-state index contributed by atoms with van der Waals surface area (Å²) in [4.78, 5) is 24.3. The van der Waals surface area contributed by atoms with E-state index >= 15 is 0 Å². The number of carboxylic acids is 1. The van der Waals surface area contributed by atoms with Crippen LogP contribution in [0.4, 0.5) is 0 Å². The van der Waals surface area contributed by atoms with E-state index in [1.54, 1.807) is 7.11 Å². The average Bonchev–Trinajstić information content (AvgIpc) is 3.57. The molecule has 6 heteroatoms. The van der Waals surface area contributed by atoms with Gasteiger partial charge in [-0.3, -0.25) is 0 Å². The minimum absolute atomic E-state index is 0.302. The van der Waals surface area contributed by atoms with E-state index in [2.05, 4.69) is 12.1 Å². The summed E-state index contributed by atoms with van der Waals surface area (Å²) in [5.41, 5.74) is 2.03. The first-order valence-corrected chi connectivity index (χ1v) is 13.9. The van der Waals surface area contributed by atoms with Crippen LogP contribution in [0.25, 0.3) is 0 Å². The van der Waals surface area contributed by atoms with Gasteiger partial charge in [0.2, 0.25) is 0 Å². The second-order valence-electron chi connectivity index (χ2n) is 7.64. The molecule has 1 aliphatic carbocycles. The van der Waals surface area contributed by atoms with Crippen LogP contribution < -0.4 is 4.74 Å². The van der Waals surface area contributed by atoms with Gasteiger partial charge >= 0.3 is 183 Å². The number of hydrogen-bond acceptors (Lipinski definition) is 4. The van der Waals surface area contributed by atoms with Crippen molar-refractivity contribution >= 4 is 25.2 Å². The molecule has 0 spiro atoms. The van der Waals surface area contributed by atoms with E-state index in [1.807, 2.05) is 42.5 Å². The second-order valence-corrected chi connectivity index (χ2v) is 12.6. The molecule has 1 unspecified atom stereocenters.